The lowest BCUT2D eigenvalue weighted by Crippen LogP contribution is -2.50. The number of aliphatic carboxylic acids is 1. The first-order valence-corrected chi connectivity index (χ1v) is 9.99. The predicted molar refractivity (Wildman–Crippen MR) is 112 cm³/mol. The van der Waals surface area contributed by atoms with Gasteiger partial charge in [0.2, 0.25) is 5.91 Å². The van der Waals surface area contributed by atoms with E-state index in [2.05, 4.69) is 22.8 Å². The van der Waals surface area contributed by atoms with Gasteiger partial charge in [-0.3, -0.25) is 9.59 Å². The van der Waals surface area contributed by atoms with Crippen LogP contribution in [-0.4, -0.2) is 42.3 Å². The first-order valence-electron chi connectivity index (χ1n) is 9.99. The van der Waals surface area contributed by atoms with Crippen LogP contribution < -0.4 is 10.6 Å². The van der Waals surface area contributed by atoms with Crippen molar-refractivity contribution in [2.75, 3.05) is 13.2 Å². The lowest BCUT2D eigenvalue weighted by Gasteiger charge is -2.22. The molecular formula is C23H26N2O5. The minimum Gasteiger partial charge on any atom is -0.481 e. The molecule has 0 unspecified atom stereocenters. The molecule has 0 aromatic heterocycles. The summed E-state index contributed by atoms with van der Waals surface area (Å²) in [6.07, 6.45) is -0.856. The smallest absolute Gasteiger partial charge is 0.407 e. The van der Waals surface area contributed by atoms with Gasteiger partial charge in [-0.2, -0.15) is 0 Å². The Kier molecular flexibility index (Phi) is 6.72. The number of amides is 2. The number of nitrogens with one attached hydrogen (secondary N) is 2. The van der Waals surface area contributed by atoms with Gasteiger partial charge in [0.25, 0.3) is 0 Å². The molecule has 0 aliphatic heterocycles. The van der Waals surface area contributed by atoms with Gasteiger partial charge in [-0.05, 0) is 28.2 Å². The van der Waals surface area contributed by atoms with Gasteiger partial charge in [0.1, 0.15) is 12.6 Å². The SMILES string of the molecule is CC(C)[C@H](NC(=O)OCC1c2ccccc2-c2ccccc21)C(=O)NCCC(=O)O. The molecule has 30 heavy (non-hydrogen) atoms. The van der Waals surface area contributed by atoms with Crippen molar-refractivity contribution in [1.29, 1.82) is 0 Å². The number of carbonyl (C=O) groups excluding carboxylic acids is 2. The summed E-state index contributed by atoms with van der Waals surface area (Å²) >= 11 is 0. The minimum atomic E-state index is -0.999. The van der Waals surface area contributed by atoms with Gasteiger partial charge in [0.15, 0.2) is 0 Å². The highest BCUT2D eigenvalue weighted by molar-refractivity contribution is 5.86. The summed E-state index contributed by atoms with van der Waals surface area (Å²) in [5.74, 6) is -1.68. The summed E-state index contributed by atoms with van der Waals surface area (Å²) in [4.78, 5) is 35.3. The summed E-state index contributed by atoms with van der Waals surface area (Å²) in [7, 11) is 0. The Morgan fingerprint density at radius 1 is 1.00 bits per heavy atom. The minimum absolute atomic E-state index is 0.00373. The van der Waals surface area contributed by atoms with E-state index >= 15 is 0 Å². The van der Waals surface area contributed by atoms with E-state index in [0.29, 0.717) is 0 Å². The molecule has 0 radical (unpaired) electrons. The summed E-state index contributed by atoms with van der Waals surface area (Å²) in [6.45, 7) is 3.76. The number of hydrogen-bond donors (Lipinski definition) is 3. The number of benzene rings is 2. The van der Waals surface area contributed by atoms with Crippen LogP contribution in [0.2, 0.25) is 0 Å². The fraction of sp³-hybridized carbons (Fsp3) is 0.348. The highest BCUT2D eigenvalue weighted by Gasteiger charge is 2.30. The van der Waals surface area contributed by atoms with Crippen molar-refractivity contribution >= 4 is 18.0 Å². The van der Waals surface area contributed by atoms with Crippen molar-refractivity contribution < 1.29 is 24.2 Å². The normalized spacial score (nSPS) is 13.3. The Morgan fingerprint density at radius 2 is 1.57 bits per heavy atom. The summed E-state index contributed by atoms with van der Waals surface area (Å²) in [6, 6.07) is 15.3. The third-order valence-electron chi connectivity index (χ3n) is 5.20. The van der Waals surface area contributed by atoms with Gasteiger partial charge < -0.3 is 20.5 Å². The van der Waals surface area contributed by atoms with E-state index in [1.165, 1.54) is 0 Å². The molecule has 2 aromatic rings. The standard InChI is InChI=1S/C23H26N2O5/c1-14(2)21(22(28)24-12-11-20(26)27)25-23(29)30-13-19-17-9-5-3-7-15(17)16-8-4-6-10-18(16)19/h3-10,14,19,21H,11-13H2,1-2H3,(H,24,28)(H,25,29)(H,26,27)/t21-/m0/s1. The molecule has 1 aliphatic carbocycles. The third kappa shape index (κ3) is 4.79. The molecular weight excluding hydrogens is 384 g/mol. The number of alkyl carbamates (subject to hydrolysis) is 1. The maximum absolute atomic E-state index is 12.4. The first-order chi connectivity index (χ1) is 14.4. The van der Waals surface area contributed by atoms with Crippen LogP contribution in [0.4, 0.5) is 4.79 Å². The number of carbonyl (C=O) groups is 3. The molecule has 0 bridgehead atoms. The van der Waals surface area contributed by atoms with E-state index in [0.717, 1.165) is 22.3 Å². The third-order valence-corrected chi connectivity index (χ3v) is 5.20. The average molecular weight is 410 g/mol. The number of rotatable bonds is 8. The molecule has 158 valence electrons. The van der Waals surface area contributed by atoms with Gasteiger partial charge in [-0.25, -0.2) is 4.79 Å². The topological polar surface area (TPSA) is 105 Å². The highest BCUT2D eigenvalue weighted by Crippen LogP contribution is 2.44. The molecule has 2 amide bonds. The van der Waals surface area contributed by atoms with Gasteiger partial charge in [-0.1, -0.05) is 62.4 Å². The Balaban J connectivity index is 1.62. The zero-order chi connectivity index (χ0) is 21.7. The van der Waals surface area contributed by atoms with Crippen LogP contribution in [-0.2, 0) is 14.3 Å². The second kappa shape index (κ2) is 9.43. The molecule has 0 fully saturated rings. The van der Waals surface area contributed by atoms with Crippen LogP contribution in [0.1, 0.15) is 37.3 Å². The van der Waals surface area contributed by atoms with Crippen molar-refractivity contribution in [3.63, 3.8) is 0 Å². The molecule has 3 N–H and O–H groups in total. The molecule has 1 atom stereocenters. The molecule has 0 heterocycles. The monoisotopic (exact) mass is 410 g/mol. The number of hydrogen-bond acceptors (Lipinski definition) is 4. The van der Waals surface area contributed by atoms with Crippen molar-refractivity contribution in [3.8, 4) is 11.1 Å². The molecule has 7 nitrogen and oxygen atoms in total. The lowest BCUT2D eigenvalue weighted by molar-refractivity contribution is -0.137. The predicted octanol–water partition coefficient (Wildman–Crippen LogP) is 3.14. The zero-order valence-electron chi connectivity index (χ0n) is 17.1. The van der Waals surface area contributed by atoms with E-state index in [-0.39, 0.29) is 31.4 Å². The van der Waals surface area contributed by atoms with E-state index in [1.807, 2.05) is 36.4 Å². The van der Waals surface area contributed by atoms with Crippen LogP contribution in [0.25, 0.3) is 11.1 Å². The second-order valence-corrected chi connectivity index (χ2v) is 7.63. The van der Waals surface area contributed by atoms with Crippen LogP contribution in [0, 0.1) is 5.92 Å². The molecule has 0 saturated heterocycles. The van der Waals surface area contributed by atoms with Crippen molar-refractivity contribution in [2.45, 2.75) is 32.2 Å². The lowest BCUT2D eigenvalue weighted by atomic mass is 9.98. The van der Waals surface area contributed by atoms with E-state index < -0.39 is 24.0 Å². The second-order valence-electron chi connectivity index (χ2n) is 7.63. The highest BCUT2D eigenvalue weighted by atomic mass is 16.5. The van der Waals surface area contributed by atoms with Gasteiger partial charge >= 0.3 is 12.1 Å². The average Bonchev–Trinajstić information content (AvgIpc) is 3.03. The van der Waals surface area contributed by atoms with Crippen LogP contribution in [0.5, 0.6) is 0 Å². The first kappa shape index (κ1) is 21.4. The van der Waals surface area contributed by atoms with Gasteiger partial charge in [0, 0.05) is 12.5 Å². The van der Waals surface area contributed by atoms with Gasteiger partial charge in [-0.15, -0.1) is 0 Å². The van der Waals surface area contributed by atoms with Gasteiger partial charge in [0.05, 0.1) is 6.42 Å². The van der Waals surface area contributed by atoms with Crippen molar-refractivity contribution in [3.05, 3.63) is 59.7 Å². The molecule has 2 aromatic carbocycles. The van der Waals surface area contributed by atoms with E-state index in [9.17, 15) is 14.4 Å². The maximum Gasteiger partial charge on any atom is 0.407 e. The molecule has 7 heteroatoms. The zero-order valence-corrected chi connectivity index (χ0v) is 17.1. The Morgan fingerprint density at radius 3 is 2.10 bits per heavy atom. The quantitative estimate of drug-likeness (QED) is 0.620. The number of ether oxygens (including phenoxy) is 1. The van der Waals surface area contributed by atoms with E-state index in [4.69, 9.17) is 9.84 Å². The Labute approximate surface area is 175 Å². The van der Waals surface area contributed by atoms with Crippen molar-refractivity contribution in [2.24, 2.45) is 5.92 Å². The summed E-state index contributed by atoms with van der Waals surface area (Å²) < 4.78 is 5.49. The summed E-state index contributed by atoms with van der Waals surface area (Å²) in [5, 5.41) is 13.8. The molecule has 1 aliphatic rings. The summed E-state index contributed by atoms with van der Waals surface area (Å²) in [5.41, 5.74) is 4.50. The molecule has 0 spiro atoms. The van der Waals surface area contributed by atoms with E-state index in [1.54, 1.807) is 13.8 Å². The van der Waals surface area contributed by atoms with Crippen LogP contribution >= 0.6 is 0 Å². The fourth-order valence-corrected chi connectivity index (χ4v) is 3.70. The number of carboxylic acid groups (broad SMARTS) is 1. The molecule has 0 saturated carbocycles. The molecule has 3 rings (SSSR count). The Bertz CT molecular complexity index is 895. The van der Waals surface area contributed by atoms with Crippen LogP contribution in [0.3, 0.4) is 0 Å². The number of fused-ring (bicyclic) bond motifs is 3. The maximum atomic E-state index is 12.4. The van der Waals surface area contributed by atoms with Crippen LogP contribution in [0.15, 0.2) is 48.5 Å². The number of carboxylic acids is 1. The van der Waals surface area contributed by atoms with Crippen molar-refractivity contribution in [1.82, 2.24) is 10.6 Å². The fourth-order valence-electron chi connectivity index (χ4n) is 3.70. The largest absolute Gasteiger partial charge is 0.481 e. The Hall–Kier alpha value is -3.35.